The number of pyridine rings is 1. The van der Waals surface area contributed by atoms with Gasteiger partial charge in [-0.05, 0) is 67.7 Å². The SMILES string of the molecule is CC(C)(C)c1ccnc(-n2c3[c-]c(Oc4[c-]c5c(cc4)C(C)(C)[Si](C)(C)c4cccc6c4[n+]-5[c-]n6-c4c(-c5ccccc5)cccc4-c4ccccc4)ccc3c3ccccc32)c1.[Pt]. The molecule has 10 aromatic rings. The first-order valence-electron chi connectivity index (χ1n) is 21.8. The standard InChI is InChI=1S/C57H48N4OSi.Pt/c1-56(2,3)40-32-33-58-53(34-40)61-48-25-15-14-22-45(48)46-30-28-41(35-50(46)61)62-42-29-31-47-51(36-42)60-37-59(49-26-17-27-52(55(49)60)63(6,7)57(47,4)5)54-43(38-18-10-8-11-19-38)23-16-24-44(54)39-20-12-9-13-21-39;/h8-34H,1-7H3;/q-2;. The van der Waals surface area contributed by atoms with Gasteiger partial charge in [0.1, 0.15) is 5.82 Å². The molecule has 0 spiro atoms. The van der Waals surface area contributed by atoms with Gasteiger partial charge in [-0.3, -0.25) is 4.57 Å². The van der Waals surface area contributed by atoms with Crippen LogP contribution in [0.5, 0.6) is 11.5 Å². The van der Waals surface area contributed by atoms with E-state index in [1.54, 1.807) is 0 Å². The van der Waals surface area contributed by atoms with Gasteiger partial charge in [-0.25, -0.2) is 4.98 Å². The van der Waals surface area contributed by atoms with E-state index in [0.29, 0.717) is 11.5 Å². The molecule has 5 nitrogen and oxygen atoms in total. The van der Waals surface area contributed by atoms with Gasteiger partial charge < -0.3 is 13.9 Å². The van der Waals surface area contributed by atoms with Crippen molar-refractivity contribution in [3.63, 3.8) is 0 Å². The van der Waals surface area contributed by atoms with Gasteiger partial charge in [0, 0.05) is 44.3 Å². The summed E-state index contributed by atoms with van der Waals surface area (Å²) >= 11 is 0. The Hall–Kier alpha value is -6.33. The first-order valence-corrected chi connectivity index (χ1v) is 24.8. The minimum atomic E-state index is -2.24. The van der Waals surface area contributed by atoms with Crippen molar-refractivity contribution in [1.29, 1.82) is 0 Å². The van der Waals surface area contributed by atoms with E-state index in [9.17, 15) is 0 Å². The van der Waals surface area contributed by atoms with Crippen LogP contribution >= 0.6 is 0 Å². The number of nitrogens with zero attached hydrogens (tertiary/aromatic N) is 4. The van der Waals surface area contributed by atoms with Crippen molar-refractivity contribution >= 4 is 46.1 Å². The predicted octanol–water partition coefficient (Wildman–Crippen LogP) is 13.0. The van der Waals surface area contributed by atoms with Crippen LogP contribution < -0.4 is 14.5 Å². The summed E-state index contributed by atoms with van der Waals surface area (Å²) in [7, 11) is -2.24. The third kappa shape index (κ3) is 6.53. The normalized spacial score (nSPS) is 14.0. The van der Waals surface area contributed by atoms with Crippen LogP contribution in [0.3, 0.4) is 0 Å². The number of para-hydroxylation sites is 3. The summed E-state index contributed by atoms with van der Waals surface area (Å²) < 4.78 is 13.6. The van der Waals surface area contributed by atoms with Crippen LogP contribution in [0.25, 0.3) is 72.3 Å². The molecule has 4 heterocycles. The van der Waals surface area contributed by atoms with Gasteiger partial charge in [0.25, 0.3) is 6.33 Å². The van der Waals surface area contributed by atoms with Crippen LogP contribution in [-0.4, -0.2) is 22.2 Å². The molecule has 0 aliphatic carbocycles. The summed E-state index contributed by atoms with van der Waals surface area (Å²) in [5.41, 5.74) is 13.3. The van der Waals surface area contributed by atoms with Gasteiger partial charge in [0.15, 0.2) is 0 Å². The van der Waals surface area contributed by atoms with Gasteiger partial charge in [-0.2, -0.15) is 12.1 Å². The van der Waals surface area contributed by atoms with E-state index < -0.39 is 8.07 Å². The van der Waals surface area contributed by atoms with E-state index in [1.165, 1.54) is 21.8 Å². The molecule has 1 aliphatic heterocycles. The molecule has 318 valence electrons. The summed E-state index contributed by atoms with van der Waals surface area (Å²) in [5.74, 6) is 2.08. The minimum absolute atomic E-state index is 0. The molecule has 7 heteroatoms. The topological polar surface area (TPSA) is 35.9 Å². The number of hydrogen-bond acceptors (Lipinski definition) is 2. The predicted molar refractivity (Wildman–Crippen MR) is 260 cm³/mol. The van der Waals surface area contributed by atoms with Crippen LogP contribution in [0.1, 0.15) is 45.7 Å². The van der Waals surface area contributed by atoms with Crippen molar-refractivity contribution in [3.8, 4) is 50.9 Å². The second-order valence-corrected chi connectivity index (χ2v) is 23.9. The molecule has 0 radical (unpaired) electrons. The Bertz CT molecular complexity index is 3360. The fraction of sp³-hybridized carbons (Fsp3) is 0.158. The molecule has 0 atom stereocenters. The van der Waals surface area contributed by atoms with E-state index >= 15 is 0 Å². The van der Waals surface area contributed by atoms with Gasteiger partial charge >= 0.3 is 0 Å². The molecule has 0 fully saturated rings. The van der Waals surface area contributed by atoms with Crippen LogP contribution in [-0.2, 0) is 31.5 Å². The van der Waals surface area contributed by atoms with Crippen LogP contribution in [0.4, 0.5) is 0 Å². The Morgan fingerprint density at radius 2 is 1.28 bits per heavy atom. The van der Waals surface area contributed by atoms with E-state index in [0.717, 1.165) is 66.8 Å². The quantitative estimate of drug-likeness (QED) is 0.0945. The maximum atomic E-state index is 6.84. The van der Waals surface area contributed by atoms with Crippen LogP contribution in [0.2, 0.25) is 13.1 Å². The summed E-state index contributed by atoms with van der Waals surface area (Å²) in [6.45, 7) is 16.5. The maximum Gasteiger partial charge on any atom is 0.268 e. The Kier molecular flexibility index (Phi) is 10.0. The molecule has 0 saturated heterocycles. The number of fused-ring (bicyclic) bond motifs is 5. The van der Waals surface area contributed by atoms with Crippen molar-refractivity contribution in [2.75, 3.05) is 0 Å². The zero-order valence-electron chi connectivity index (χ0n) is 37.1. The Balaban J connectivity index is 0.00000484. The molecule has 11 rings (SSSR count). The summed E-state index contributed by atoms with van der Waals surface area (Å²) in [4.78, 5) is 4.89. The maximum absolute atomic E-state index is 6.84. The monoisotopic (exact) mass is 1030 g/mol. The molecule has 7 aromatic carbocycles. The molecule has 64 heavy (non-hydrogen) atoms. The van der Waals surface area contributed by atoms with Crippen molar-refractivity contribution in [2.45, 2.75) is 58.2 Å². The summed E-state index contributed by atoms with van der Waals surface area (Å²) in [6, 6.07) is 63.7. The zero-order valence-corrected chi connectivity index (χ0v) is 40.4. The van der Waals surface area contributed by atoms with Gasteiger partial charge in [-0.1, -0.05) is 174 Å². The van der Waals surface area contributed by atoms with Gasteiger partial charge in [0.05, 0.1) is 24.8 Å². The molecule has 0 N–H and O–H groups in total. The average molecular weight is 1030 g/mol. The number of ether oxygens (including phenoxy) is 1. The van der Waals surface area contributed by atoms with Crippen molar-refractivity contribution < 1.29 is 30.4 Å². The third-order valence-electron chi connectivity index (χ3n) is 13.8. The number of aromatic nitrogens is 4. The average Bonchev–Trinajstić information content (AvgIpc) is 3.83. The Morgan fingerprint density at radius 3 is 1.98 bits per heavy atom. The fourth-order valence-electron chi connectivity index (χ4n) is 9.65. The summed E-state index contributed by atoms with van der Waals surface area (Å²) in [6.07, 6.45) is 5.87. The minimum Gasteiger partial charge on any atom is -0.510 e. The second-order valence-electron chi connectivity index (χ2n) is 18.9. The zero-order chi connectivity index (χ0) is 43.3. The number of benzene rings is 7. The fourth-order valence-corrected chi connectivity index (χ4v) is 12.5. The van der Waals surface area contributed by atoms with E-state index in [-0.39, 0.29) is 31.5 Å². The molecule has 3 aromatic heterocycles. The van der Waals surface area contributed by atoms with Crippen LogP contribution in [0, 0.1) is 18.5 Å². The largest absolute Gasteiger partial charge is 0.510 e. The molecular weight excluding hydrogens is 980 g/mol. The van der Waals surface area contributed by atoms with Crippen molar-refractivity contribution in [2.24, 2.45) is 0 Å². The summed E-state index contributed by atoms with van der Waals surface area (Å²) in [5, 5.41) is 3.48. The van der Waals surface area contributed by atoms with E-state index in [1.807, 2.05) is 12.3 Å². The molecule has 0 saturated carbocycles. The molecule has 0 bridgehead atoms. The van der Waals surface area contributed by atoms with E-state index in [4.69, 9.17) is 9.72 Å². The van der Waals surface area contributed by atoms with Crippen molar-refractivity contribution in [1.82, 2.24) is 14.1 Å². The molecule has 0 amide bonds. The van der Waals surface area contributed by atoms with E-state index in [2.05, 4.69) is 232 Å². The number of hydrogen-bond donors (Lipinski definition) is 0. The molecule has 1 aliphatic rings. The smallest absolute Gasteiger partial charge is 0.268 e. The Morgan fingerprint density at radius 1 is 0.656 bits per heavy atom. The molecule has 0 unspecified atom stereocenters. The first kappa shape index (κ1) is 41.7. The number of imidazole rings is 1. The first-order chi connectivity index (χ1) is 30.4. The van der Waals surface area contributed by atoms with Crippen LogP contribution in [0.15, 0.2) is 164 Å². The van der Waals surface area contributed by atoms with Crippen molar-refractivity contribution in [3.05, 3.63) is 194 Å². The third-order valence-corrected chi connectivity index (χ3v) is 18.9. The van der Waals surface area contributed by atoms with Gasteiger partial charge in [-0.15, -0.1) is 35.2 Å². The Labute approximate surface area is 390 Å². The number of rotatable bonds is 6. The second kappa shape index (κ2) is 15.4. The molecular formula is C57H48N4OPtSi-2. The van der Waals surface area contributed by atoms with Gasteiger partial charge in [0.2, 0.25) is 0 Å².